The van der Waals surface area contributed by atoms with Gasteiger partial charge in [-0.1, -0.05) is 0 Å². The lowest BCUT2D eigenvalue weighted by Gasteiger charge is -2.35. The van der Waals surface area contributed by atoms with E-state index in [4.69, 9.17) is 9.47 Å². The predicted molar refractivity (Wildman–Crippen MR) is 84.9 cm³/mol. The van der Waals surface area contributed by atoms with E-state index in [9.17, 15) is 4.79 Å². The van der Waals surface area contributed by atoms with E-state index in [2.05, 4.69) is 18.7 Å². The van der Waals surface area contributed by atoms with Crippen molar-refractivity contribution in [2.45, 2.75) is 70.1 Å². The standard InChI is InChI=1S/C17H30N2O3/c1-14(2)22-13-17-7-5-11-19(17)15(6-8-17)12-21-16(20)18-9-3-4-10-18/h14-15H,3-13H2,1-2H3/t15-,17?/m1/s1. The molecule has 0 aromatic heterocycles. The van der Waals surface area contributed by atoms with Gasteiger partial charge in [-0.3, -0.25) is 4.90 Å². The van der Waals surface area contributed by atoms with Gasteiger partial charge in [-0.05, 0) is 58.9 Å². The number of ether oxygens (including phenoxy) is 2. The largest absolute Gasteiger partial charge is 0.448 e. The van der Waals surface area contributed by atoms with E-state index in [0.717, 1.165) is 45.5 Å². The van der Waals surface area contributed by atoms with Gasteiger partial charge in [0.15, 0.2) is 0 Å². The van der Waals surface area contributed by atoms with Crippen LogP contribution in [0.15, 0.2) is 0 Å². The highest BCUT2D eigenvalue weighted by Crippen LogP contribution is 2.42. The molecule has 3 fully saturated rings. The minimum absolute atomic E-state index is 0.118. The Balaban J connectivity index is 1.51. The van der Waals surface area contributed by atoms with Gasteiger partial charge in [-0.2, -0.15) is 0 Å². The van der Waals surface area contributed by atoms with Gasteiger partial charge in [0, 0.05) is 24.7 Å². The molecule has 0 aromatic rings. The Morgan fingerprint density at radius 3 is 2.68 bits per heavy atom. The van der Waals surface area contributed by atoms with Crippen molar-refractivity contribution in [1.29, 1.82) is 0 Å². The number of fused-ring (bicyclic) bond motifs is 1. The summed E-state index contributed by atoms with van der Waals surface area (Å²) in [4.78, 5) is 16.5. The highest BCUT2D eigenvalue weighted by Gasteiger charge is 2.49. The molecule has 5 heteroatoms. The van der Waals surface area contributed by atoms with Gasteiger partial charge in [0.1, 0.15) is 6.61 Å². The third kappa shape index (κ3) is 3.25. The van der Waals surface area contributed by atoms with E-state index in [1.54, 1.807) is 0 Å². The van der Waals surface area contributed by atoms with Crippen molar-refractivity contribution in [3.63, 3.8) is 0 Å². The molecule has 5 nitrogen and oxygen atoms in total. The van der Waals surface area contributed by atoms with Crippen molar-refractivity contribution in [2.24, 2.45) is 0 Å². The molecule has 2 atom stereocenters. The smallest absolute Gasteiger partial charge is 0.409 e. The number of likely N-dealkylation sites (tertiary alicyclic amines) is 1. The van der Waals surface area contributed by atoms with E-state index in [-0.39, 0.29) is 17.7 Å². The molecule has 0 bridgehead atoms. The minimum atomic E-state index is -0.118. The second kappa shape index (κ2) is 6.75. The Kier molecular flexibility index (Phi) is 4.93. The van der Waals surface area contributed by atoms with Crippen LogP contribution >= 0.6 is 0 Å². The number of hydrogen-bond donors (Lipinski definition) is 0. The molecule has 3 aliphatic rings. The fourth-order valence-corrected chi connectivity index (χ4v) is 4.27. The first-order valence-electron chi connectivity index (χ1n) is 8.91. The Bertz CT molecular complexity index is 395. The maximum atomic E-state index is 12.0. The Morgan fingerprint density at radius 1 is 1.18 bits per heavy atom. The Morgan fingerprint density at radius 2 is 1.95 bits per heavy atom. The number of amides is 1. The number of carbonyl (C=O) groups excluding carboxylic acids is 1. The van der Waals surface area contributed by atoms with Gasteiger partial charge < -0.3 is 14.4 Å². The van der Waals surface area contributed by atoms with Gasteiger partial charge in [-0.25, -0.2) is 4.79 Å². The summed E-state index contributed by atoms with van der Waals surface area (Å²) in [5.74, 6) is 0. The summed E-state index contributed by atoms with van der Waals surface area (Å²) in [6, 6.07) is 0.379. The van der Waals surface area contributed by atoms with Crippen LogP contribution in [0.4, 0.5) is 4.79 Å². The van der Waals surface area contributed by atoms with Gasteiger partial charge in [0.25, 0.3) is 0 Å². The summed E-state index contributed by atoms with van der Waals surface area (Å²) < 4.78 is 11.5. The zero-order valence-electron chi connectivity index (χ0n) is 14.1. The van der Waals surface area contributed by atoms with E-state index in [1.165, 1.54) is 19.3 Å². The molecule has 0 spiro atoms. The maximum Gasteiger partial charge on any atom is 0.409 e. The fraction of sp³-hybridized carbons (Fsp3) is 0.941. The second-order valence-corrected chi connectivity index (χ2v) is 7.34. The molecule has 3 saturated heterocycles. The summed E-state index contributed by atoms with van der Waals surface area (Å²) in [6.07, 6.45) is 7.13. The van der Waals surface area contributed by atoms with E-state index in [1.807, 2.05) is 4.90 Å². The van der Waals surface area contributed by atoms with E-state index in [0.29, 0.717) is 12.6 Å². The summed E-state index contributed by atoms with van der Waals surface area (Å²) in [5, 5.41) is 0. The minimum Gasteiger partial charge on any atom is -0.448 e. The van der Waals surface area contributed by atoms with Gasteiger partial charge in [0.05, 0.1) is 12.7 Å². The lowest BCUT2D eigenvalue weighted by atomic mass is 9.95. The first kappa shape index (κ1) is 16.1. The molecule has 0 radical (unpaired) electrons. The quantitative estimate of drug-likeness (QED) is 0.783. The lowest BCUT2D eigenvalue weighted by molar-refractivity contribution is -0.0124. The van der Waals surface area contributed by atoms with Crippen LogP contribution in [0.3, 0.4) is 0 Å². The predicted octanol–water partition coefficient (Wildman–Crippen LogP) is 2.64. The number of nitrogens with zero attached hydrogens (tertiary/aromatic N) is 2. The van der Waals surface area contributed by atoms with Crippen molar-refractivity contribution < 1.29 is 14.3 Å². The third-order valence-corrected chi connectivity index (χ3v) is 5.48. The summed E-state index contributed by atoms with van der Waals surface area (Å²) in [5.41, 5.74) is 0.203. The molecule has 1 unspecified atom stereocenters. The zero-order chi connectivity index (χ0) is 15.6. The van der Waals surface area contributed by atoms with Crippen LogP contribution in [0.2, 0.25) is 0 Å². The first-order chi connectivity index (χ1) is 10.6. The molecule has 0 saturated carbocycles. The van der Waals surface area contributed by atoms with Crippen molar-refractivity contribution in [1.82, 2.24) is 9.80 Å². The SMILES string of the molecule is CC(C)OCC12CCCN1[C@@H](COC(=O)N1CCCC1)CC2. The van der Waals surface area contributed by atoms with Gasteiger partial charge in [0.2, 0.25) is 0 Å². The van der Waals surface area contributed by atoms with Crippen LogP contribution in [-0.4, -0.2) is 66.4 Å². The van der Waals surface area contributed by atoms with Crippen LogP contribution in [-0.2, 0) is 9.47 Å². The maximum absolute atomic E-state index is 12.0. The zero-order valence-corrected chi connectivity index (χ0v) is 14.1. The normalized spacial score (nSPS) is 32.0. The summed E-state index contributed by atoms with van der Waals surface area (Å²) >= 11 is 0. The number of rotatable bonds is 5. The van der Waals surface area contributed by atoms with Crippen molar-refractivity contribution in [2.75, 3.05) is 32.8 Å². The van der Waals surface area contributed by atoms with Crippen LogP contribution in [0, 0.1) is 0 Å². The summed E-state index contributed by atoms with van der Waals surface area (Å²) in [7, 11) is 0. The van der Waals surface area contributed by atoms with E-state index < -0.39 is 0 Å². The molecule has 1 amide bonds. The molecule has 0 aliphatic carbocycles. The van der Waals surface area contributed by atoms with Crippen LogP contribution in [0.25, 0.3) is 0 Å². The lowest BCUT2D eigenvalue weighted by Crippen LogP contribution is -2.47. The molecular weight excluding hydrogens is 280 g/mol. The van der Waals surface area contributed by atoms with Crippen LogP contribution in [0.1, 0.15) is 52.4 Å². The topological polar surface area (TPSA) is 42.0 Å². The third-order valence-electron chi connectivity index (χ3n) is 5.48. The number of carbonyl (C=O) groups is 1. The van der Waals surface area contributed by atoms with Crippen LogP contribution in [0.5, 0.6) is 0 Å². The first-order valence-corrected chi connectivity index (χ1v) is 8.91. The van der Waals surface area contributed by atoms with Crippen molar-refractivity contribution >= 4 is 6.09 Å². The highest BCUT2D eigenvalue weighted by molar-refractivity contribution is 5.67. The molecule has 3 heterocycles. The van der Waals surface area contributed by atoms with Gasteiger partial charge in [-0.15, -0.1) is 0 Å². The Labute approximate surface area is 133 Å². The van der Waals surface area contributed by atoms with Crippen molar-refractivity contribution in [3.05, 3.63) is 0 Å². The fourth-order valence-electron chi connectivity index (χ4n) is 4.27. The molecule has 22 heavy (non-hydrogen) atoms. The summed E-state index contributed by atoms with van der Waals surface area (Å²) in [6.45, 7) is 8.40. The molecular formula is C17H30N2O3. The molecule has 0 aromatic carbocycles. The molecule has 3 aliphatic heterocycles. The van der Waals surface area contributed by atoms with E-state index >= 15 is 0 Å². The molecule has 3 rings (SSSR count). The monoisotopic (exact) mass is 310 g/mol. The molecule has 126 valence electrons. The van der Waals surface area contributed by atoms with Crippen LogP contribution < -0.4 is 0 Å². The Hall–Kier alpha value is -0.810. The average Bonchev–Trinajstić information content (AvgIpc) is 3.19. The molecule has 0 N–H and O–H groups in total. The highest BCUT2D eigenvalue weighted by atomic mass is 16.6. The average molecular weight is 310 g/mol. The van der Waals surface area contributed by atoms with Crippen molar-refractivity contribution in [3.8, 4) is 0 Å². The number of hydrogen-bond acceptors (Lipinski definition) is 4. The second-order valence-electron chi connectivity index (χ2n) is 7.34. The van der Waals surface area contributed by atoms with Gasteiger partial charge >= 0.3 is 6.09 Å².